The summed E-state index contributed by atoms with van der Waals surface area (Å²) in [5, 5.41) is 3.95. The average Bonchev–Trinajstić information content (AvgIpc) is 2.95. The Bertz CT molecular complexity index is 646. The van der Waals surface area contributed by atoms with Gasteiger partial charge >= 0.3 is 0 Å². The Hall–Kier alpha value is -2.01. The molecule has 1 aromatic carbocycles. The largest absolute Gasteiger partial charge is 0.454 e. The van der Waals surface area contributed by atoms with E-state index in [1.807, 2.05) is 26.0 Å². The molecule has 0 radical (unpaired) electrons. The van der Waals surface area contributed by atoms with Gasteiger partial charge < -0.3 is 19.8 Å². The number of hydrogen-bond donors (Lipinski definition) is 2. The minimum atomic E-state index is 0.0875. The molecule has 0 amide bonds. The van der Waals surface area contributed by atoms with Crippen LogP contribution in [0.15, 0.2) is 12.1 Å². The molecule has 1 aromatic heterocycles. The highest BCUT2D eigenvalue weighted by atomic mass is 16.7. The average molecular weight is 260 g/mol. The van der Waals surface area contributed by atoms with Crippen molar-refractivity contribution in [3.8, 4) is 11.5 Å². The van der Waals surface area contributed by atoms with E-state index in [0.29, 0.717) is 12.3 Å². The molecular weight excluding hydrogens is 244 g/mol. The summed E-state index contributed by atoms with van der Waals surface area (Å²) in [4.78, 5) is 15.5. The number of fused-ring (bicyclic) bond motifs is 2. The van der Waals surface area contributed by atoms with Crippen LogP contribution in [0.2, 0.25) is 0 Å². The Labute approximate surface area is 110 Å². The van der Waals surface area contributed by atoms with Gasteiger partial charge in [-0.3, -0.25) is 4.79 Å². The van der Waals surface area contributed by atoms with Gasteiger partial charge in [-0.2, -0.15) is 0 Å². The highest BCUT2D eigenvalue weighted by molar-refractivity contribution is 6.10. The second-order valence-electron chi connectivity index (χ2n) is 4.58. The van der Waals surface area contributed by atoms with Crippen molar-refractivity contribution in [2.24, 2.45) is 0 Å². The number of aryl methyl sites for hydroxylation is 1. The summed E-state index contributed by atoms with van der Waals surface area (Å²) < 4.78 is 10.7. The molecule has 0 spiro atoms. The van der Waals surface area contributed by atoms with Crippen LogP contribution in [0.4, 0.5) is 0 Å². The molecule has 2 heterocycles. The predicted molar refractivity (Wildman–Crippen MR) is 72.0 cm³/mol. The highest BCUT2D eigenvalue weighted by Crippen LogP contribution is 2.37. The fraction of sp³-hybridized carbons (Fsp3) is 0.357. The van der Waals surface area contributed by atoms with Crippen LogP contribution < -0.4 is 14.8 Å². The van der Waals surface area contributed by atoms with Crippen molar-refractivity contribution in [3.05, 3.63) is 23.4 Å². The van der Waals surface area contributed by atoms with Gasteiger partial charge in [0.25, 0.3) is 0 Å². The maximum Gasteiger partial charge on any atom is 0.231 e. The fourth-order valence-electron chi connectivity index (χ4n) is 2.40. The van der Waals surface area contributed by atoms with Gasteiger partial charge in [0.1, 0.15) is 0 Å². The van der Waals surface area contributed by atoms with Gasteiger partial charge in [-0.05, 0) is 19.5 Å². The third kappa shape index (κ3) is 1.96. The first-order valence-electron chi connectivity index (χ1n) is 6.36. The first kappa shape index (κ1) is 12.0. The topological polar surface area (TPSA) is 63.4 Å². The van der Waals surface area contributed by atoms with Gasteiger partial charge in [-0.25, -0.2) is 0 Å². The van der Waals surface area contributed by atoms with Crippen molar-refractivity contribution in [3.63, 3.8) is 0 Å². The molecule has 2 N–H and O–H groups in total. The molecule has 2 aromatic rings. The van der Waals surface area contributed by atoms with E-state index in [0.717, 1.165) is 34.5 Å². The van der Waals surface area contributed by atoms with Gasteiger partial charge in [0.05, 0.1) is 12.1 Å². The second kappa shape index (κ2) is 4.59. The summed E-state index contributed by atoms with van der Waals surface area (Å²) in [6, 6.07) is 3.76. The van der Waals surface area contributed by atoms with Crippen molar-refractivity contribution >= 4 is 16.7 Å². The first-order chi connectivity index (χ1) is 9.20. The molecular formula is C14H16N2O3. The summed E-state index contributed by atoms with van der Waals surface area (Å²) in [6.07, 6.45) is 0. The third-order valence-electron chi connectivity index (χ3n) is 3.29. The molecule has 0 bridgehead atoms. The van der Waals surface area contributed by atoms with Crippen LogP contribution in [-0.2, 0) is 0 Å². The SMILES string of the molecule is CCNCC(=O)c1c(C)[nH]c2cc3c(cc12)OCO3. The number of H-pyrrole nitrogens is 1. The maximum atomic E-state index is 12.2. The summed E-state index contributed by atoms with van der Waals surface area (Å²) in [5.41, 5.74) is 2.51. The molecule has 1 aliphatic heterocycles. The number of likely N-dealkylation sites (N-methyl/N-ethyl adjacent to an activating group) is 1. The molecule has 0 saturated carbocycles. The molecule has 0 atom stereocenters. The number of ketones is 1. The normalized spacial score (nSPS) is 13.2. The number of ether oxygens (including phenoxy) is 2. The van der Waals surface area contributed by atoms with E-state index in [2.05, 4.69) is 10.3 Å². The molecule has 0 saturated heterocycles. The van der Waals surface area contributed by atoms with Crippen molar-refractivity contribution in [2.75, 3.05) is 19.9 Å². The molecule has 19 heavy (non-hydrogen) atoms. The van der Waals surface area contributed by atoms with E-state index in [9.17, 15) is 4.79 Å². The van der Waals surface area contributed by atoms with Gasteiger partial charge in [-0.15, -0.1) is 0 Å². The number of aromatic nitrogens is 1. The van der Waals surface area contributed by atoms with Crippen LogP contribution in [-0.4, -0.2) is 30.6 Å². The maximum absolute atomic E-state index is 12.2. The van der Waals surface area contributed by atoms with Crippen LogP contribution in [0, 0.1) is 6.92 Å². The highest BCUT2D eigenvalue weighted by Gasteiger charge is 2.20. The Morgan fingerprint density at radius 3 is 2.84 bits per heavy atom. The number of nitrogens with one attached hydrogen (secondary N) is 2. The molecule has 3 rings (SSSR count). The van der Waals surface area contributed by atoms with E-state index < -0.39 is 0 Å². The number of carbonyl (C=O) groups excluding carboxylic acids is 1. The van der Waals surface area contributed by atoms with E-state index >= 15 is 0 Å². The minimum Gasteiger partial charge on any atom is -0.454 e. The summed E-state index contributed by atoms with van der Waals surface area (Å²) in [5.74, 6) is 1.51. The lowest BCUT2D eigenvalue weighted by molar-refractivity contribution is 0.0993. The lowest BCUT2D eigenvalue weighted by Gasteiger charge is -2.02. The van der Waals surface area contributed by atoms with Crippen LogP contribution in [0.25, 0.3) is 10.9 Å². The molecule has 0 unspecified atom stereocenters. The molecule has 5 nitrogen and oxygen atoms in total. The summed E-state index contributed by atoms with van der Waals surface area (Å²) >= 11 is 0. The van der Waals surface area contributed by atoms with E-state index in [1.54, 1.807) is 0 Å². The zero-order valence-corrected chi connectivity index (χ0v) is 11.0. The quantitative estimate of drug-likeness (QED) is 0.825. The molecule has 5 heteroatoms. The molecule has 1 aliphatic rings. The van der Waals surface area contributed by atoms with Gasteiger partial charge in [0.15, 0.2) is 17.3 Å². The number of benzene rings is 1. The van der Waals surface area contributed by atoms with Crippen molar-refractivity contribution in [2.45, 2.75) is 13.8 Å². The van der Waals surface area contributed by atoms with Crippen LogP contribution >= 0.6 is 0 Å². The Kier molecular flexibility index (Phi) is 2.91. The monoisotopic (exact) mass is 260 g/mol. The standard InChI is InChI=1S/C14H16N2O3/c1-3-15-6-11(17)14-8(2)16-10-5-13-12(4-9(10)14)18-7-19-13/h4-5,15-16H,3,6-7H2,1-2H3. The Balaban J connectivity index is 2.08. The zero-order valence-electron chi connectivity index (χ0n) is 11.0. The number of hydrogen-bond acceptors (Lipinski definition) is 4. The second-order valence-corrected chi connectivity index (χ2v) is 4.58. The van der Waals surface area contributed by atoms with Crippen molar-refractivity contribution in [1.82, 2.24) is 10.3 Å². The van der Waals surface area contributed by atoms with Crippen molar-refractivity contribution < 1.29 is 14.3 Å². The zero-order chi connectivity index (χ0) is 13.4. The molecule has 100 valence electrons. The van der Waals surface area contributed by atoms with E-state index in [-0.39, 0.29) is 12.6 Å². The third-order valence-corrected chi connectivity index (χ3v) is 3.29. The summed E-state index contributed by atoms with van der Waals surface area (Å²) in [6.45, 7) is 5.25. The Morgan fingerprint density at radius 1 is 1.37 bits per heavy atom. The van der Waals surface area contributed by atoms with Crippen LogP contribution in [0.1, 0.15) is 23.0 Å². The lowest BCUT2D eigenvalue weighted by Crippen LogP contribution is -2.22. The molecule has 0 aliphatic carbocycles. The van der Waals surface area contributed by atoms with E-state index in [1.165, 1.54) is 0 Å². The van der Waals surface area contributed by atoms with Gasteiger partial charge in [-0.1, -0.05) is 6.92 Å². The lowest BCUT2D eigenvalue weighted by atomic mass is 10.1. The smallest absolute Gasteiger partial charge is 0.231 e. The summed E-state index contributed by atoms with van der Waals surface area (Å²) in [7, 11) is 0. The number of rotatable bonds is 4. The Morgan fingerprint density at radius 2 is 2.11 bits per heavy atom. The first-order valence-corrected chi connectivity index (χ1v) is 6.36. The van der Waals surface area contributed by atoms with Crippen LogP contribution in [0.3, 0.4) is 0 Å². The number of aromatic amines is 1. The van der Waals surface area contributed by atoms with Crippen LogP contribution in [0.5, 0.6) is 11.5 Å². The molecule has 0 fully saturated rings. The number of Topliss-reactive ketones (excluding diaryl/α,β-unsaturated/α-hetero) is 1. The predicted octanol–water partition coefficient (Wildman–Crippen LogP) is 2.00. The minimum absolute atomic E-state index is 0.0875. The van der Waals surface area contributed by atoms with E-state index in [4.69, 9.17) is 9.47 Å². The van der Waals surface area contributed by atoms with Crippen molar-refractivity contribution in [1.29, 1.82) is 0 Å². The van der Waals surface area contributed by atoms with Gasteiger partial charge in [0.2, 0.25) is 6.79 Å². The van der Waals surface area contributed by atoms with Gasteiger partial charge in [0, 0.05) is 22.7 Å². The fourth-order valence-corrected chi connectivity index (χ4v) is 2.40. The number of carbonyl (C=O) groups is 1.